The molecule has 1 amide bonds. The highest BCUT2D eigenvalue weighted by molar-refractivity contribution is 5.94. The van der Waals surface area contributed by atoms with Gasteiger partial charge in [0.1, 0.15) is 0 Å². The summed E-state index contributed by atoms with van der Waals surface area (Å²) in [4.78, 5) is 29.2. The SMILES string of the molecule is O=C(c1ccccc1)N1CCN(CCn2ncc3ccccc3c2=O)CC1. The van der Waals surface area contributed by atoms with Crippen LogP contribution in [0.25, 0.3) is 10.8 Å². The van der Waals surface area contributed by atoms with Crippen LogP contribution in [0.4, 0.5) is 0 Å². The number of carbonyl (C=O) groups is 1. The summed E-state index contributed by atoms with van der Waals surface area (Å²) in [6.45, 7) is 4.32. The lowest BCUT2D eigenvalue weighted by Gasteiger charge is -2.34. The molecule has 2 aromatic carbocycles. The molecule has 0 bridgehead atoms. The van der Waals surface area contributed by atoms with Gasteiger partial charge in [0.05, 0.1) is 18.1 Å². The lowest BCUT2D eigenvalue weighted by molar-refractivity contribution is 0.0631. The number of benzene rings is 2. The Morgan fingerprint density at radius 3 is 2.37 bits per heavy atom. The lowest BCUT2D eigenvalue weighted by atomic mass is 10.2. The average molecular weight is 362 g/mol. The Bertz CT molecular complexity index is 992. The molecule has 0 spiro atoms. The topological polar surface area (TPSA) is 58.4 Å². The summed E-state index contributed by atoms with van der Waals surface area (Å²) in [5.41, 5.74) is 0.684. The van der Waals surface area contributed by atoms with Crippen molar-refractivity contribution in [3.63, 3.8) is 0 Å². The first-order valence-electron chi connectivity index (χ1n) is 9.24. The van der Waals surface area contributed by atoms with Gasteiger partial charge in [-0.3, -0.25) is 14.5 Å². The summed E-state index contributed by atoms with van der Waals surface area (Å²) in [5, 5.41) is 5.85. The lowest BCUT2D eigenvalue weighted by Crippen LogP contribution is -2.49. The fraction of sp³-hybridized carbons (Fsp3) is 0.286. The van der Waals surface area contributed by atoms with Crippen molar-refractivity contribution in [2.24, 2.45) is 0 Å². The zero-order valence-corrected chi connectivity index (χ0v) is 15.1. The maximum absolute atomic E-state index is 12.5. The van der Waals surface area contributed by atoms with E-state index >= 15 is 0 Å². The molecule has 0 N–H and O–H groups in total. The van der Waals surface area contributed by atoms with Crippen molar-refractivity contribution in [1.82, 2.24) is 19.6 Å². The van der Waals surface area contributed by atoms with Crippen molar-refractivity contribution in [1.29, 1.82) is 0 Å². The summed E-state index contributed by atoms with van der Waals surface area (Å²) in [5.74, 6) is 0.0858. The summed E-state index contributed by atoms with van der Waals surface area (Å²) in [6.07, 6.45) is 1.74. The van der Waals surface area contributed by atoms with E-state index in [0.717, 1.165) is 30.6 Å². The Morgan fingerprint density at radius 2 is 1.59 bits per heavy atom. The third-order valence-electron chi connectivity index (χ3n) is 5.07. The molecule has 6 heteroatoms. The molecule has 1 aliphatic rings. The predicted octanol–water partition coefficient (Wildman–Crippen LogP) is 1.85. The molecule has 1 aliphatic heterocycles. The van der Waals surface area contributed by atoms with Crippen LogP contribution >= 0.6 is 0 Å². The summed E-state index contributed by atoms with van der Waals surface area (Å²) >= 11 is 0. The molecule has 27 heavy (non-hydrogen) atoms. The molecule has 0 atom stereocenters. The van der Waals surface area contributed by atoms with E-state index in [2.05, 4.69) is 10.00 Å². The Morgan fingerprint density at radius 1 is 0.889 bits per heavy atom. The van der Waals surface area contributed by atoms with Crippen LogP contribution < -0.4 is 5.56 Å². The van der Waals surface area contributed by atoms with Crippen molar-refractivity contribution in [3.8, 4) is 0 Å². The normalized spacial score (nSPS) is 15.2. The Balaban J connectivity index is 1.34. The molecule has 2 heterocycles. The molecule has 0 radical (unpaired) electrons. The van der Waals surface area contributed by atoms with Crippen LogP contribution in [0.5, 0.6) is 0 Å². The van der Waals surface area contributed by atoms with E-state index in [1.807, 2.05) is 59.5 Å². The molecule has 4 rings (SSSR count). The Kier molecular flexibility index (Phi) is 4.98. The maximum atomic E-state index is 12.5. The van der Waals surface area contributed by atoms with Crippen LogP contribution in [0.15, 0.2) is 65.6 Å². The van der Waals surface area contributed by atoms with E-state index in [1.165, 1.54) is 4.68 Å². The third-order valence-corrected chi connectivity index (χ3v) is 5.07. The first-order chi connectivity index (χ1) is 13.2. The molecule has 1 fully saturated rings. The predicted molar refractivity (Wildman–Crippen MR) is 105 cm³/mol. The van der Waals surface area contributed by atoms with Gasteiger partial charge in [-0.15, -0.1) is 0 Å². The van der Waals surface area contributed by atoms with Gasteiger partial charge >= 0.3 is 0 Å². The van der Waals surface area contributed by atoms with Crippen molar-refractivity contribution >= 4 is 16.7 Å². The molecular formula is C21H22N4O2. The van der Waals surface area contributed by atoms with Crippen LogP contribution in [-0.2, 0) is 6.54 Å². The summed E-state index contributed by atoms with van der Waals surface area (Å²) < 4.78 is 1.53. The molecule has 138 valence electrons. The maximum Gasteiger partial charge on any atom is 0.274 e. The van der Waals surface area contributed by atoms with Gasteiger partial charge in [0.15, 0.2) is 0 Å². The quantitative estimate of drug-likeness (QED) is 0.711. The molecule has 3 aromatic rings. The molecule has 0 saturated carbocycles. The highest BCUT2D eigenvalue weighted by atomic mass is 16.2. The van der Waals surface area contributed by atoms with Crippen LogP contribution in [-0.4, -0.2) is 58.2 Å². The van der Waals surface area contributed by atoms with Gasteiger partial charge in [-0.1, -0.05) is 36.4 Å². The Hall–Kier alpha value is -2.99. The van der Waals surface area contributed by atoms with Crippen molar-refractivity contribution < 1.29 is 4.79 Å². The van der Waals surface area contributed by atoms with E-state index in [0.29, 0.717) is 25.0 Å². The monoisotopic (exact) mass is 362 g/mol. The van der Waals surface area contributed by atoms with Crippen molar-refractivity contribution in [2.75, 3.05) is 32.7 Å². The zero-order chi connectivity index (χ0) is 18.6. The summed E-state index contributed by atoms with van der Waals surface area (Å²) in [7, 11) is 0. The number of rotatable bonds is 4. The van der Waals surface area contributed by atoms with E-state index in [1.54, 1.807) is 6.20 Å². The van der Waals surface area contributed by atoms with Gasteiger partial charge < -0.3 is 4.90 Å². The zero-order valence-electron chi connectivity index (χ0n) is 15.1. The fourth-order valence-corrected chi connectivity index (χ4v) is 3.46. The number of hydrogen-bond acceptors (Lipinski definition) is 4. The van der Waals surface area contributed by atoms with E-state index in [9.17, 15) is 9.59 Å². The Labute approximate surface area is 157 Å². The van der Waals surface area contributed by atoms with E-state index in [4.69, 9.17) is 0 Å². The second-order valence-electron chi connectivity index (χ2n) is 6.76. The molecule has 1 aromatic heterocycles. The minimum atomic E-state index is -0.0500. The highest BCUT2D eigenvalue weighted by Gasteiger charge is 2.21. The smallest absolute Gasteiger partial charge is 0.274 e. The molecule has 0 unspecified atom stereocenters. The van der Waals surface area contributed by atoms with Crippen molar-refractivity contribution in [2.45, 2.75) is 6.54 Å². The van der Waals surface area contributed by atoms with Crippen molar-refractivity contribution in [3.05, 3.63) is 76.7 Å². The number of nitrogens with zero attached hydrogens (tertiary/aromatic N) is 4. The summed E-state index contributed by atoms with van der Waals surface area (Å²) in [6, 6.07) is 16.9. The number of hydrogen-bond donors (Lipinski definition) is 0. The number of fused-ring (bicyclic) bond motifs is 1. The van der Waals surface area contributed by atoms with Crippen LogP contribution in [0.3, 0.4) is 0 Å². The van der Waals surface area contributed by atoms with Gasteiger partial charge in [-0.25, -0.2) is 4.68 Å². The van der Waals surface area contributed by atoms with Gasteiger partial charge in [0.2, 0.25) is 0 Å². The minimum Gasteiger partial charge on any atom is -0.336 e. The minimum absolute atomic E-state index is 0.0500. The van der Waals surface area contributed by atoms with Crippen LogP contribution in [0.2, 0.25) is 0 Å². The highest BCUT2D eigenvalue weighted by Crippen LogP contribution is 2.09. The second-order valence-corrected chi connectivity index (χ2v) is 6.76. The average Bonchev–Trinajstić information content (AvgIpc) is 2.74. The van der Waals surface area contributed by atoms with Gasteiger partial charge in [-0.2, -0.15) is 5.10 Å². The van der Waals surface area contributed by atoms with Gasteiger partial charge in [-0.05, 0) is 18.2 Å². The van der Waals surface area contributed by atoms with Gasteiger partial charge in [0, 0.05) is 43.7 Å². The van der Waals surface area contributed by atoms with Crippen LogP contribution in [0, 0.1) is 0 Å². The number of piperazine rings is 1. The largest absolute Gasteiger partial charge is 0.336 e. The first-order valence-corrected chi connectivity index (χ1v) is 9.24. The molecule has 0 aliphatic carbocycles. The standard InChI is InChI=1S/C21H22N4O2/c26-20(17-6-2-1-3-7-17)24-13-10-23(11-14-24)12-15-25-21(27)19-9-5-4-8-18(19)16-22-25/h1-9,16H,10-15H2. The number of aromatic nitrogens is 2. The third kappa shape index (κ3) is 3.75. The second kappa shape index (κ2) is 7.72. The number of carbonyl (C=O) groups excluding carboxylic acids is 1. The van der Waals surface area contributed by atoms with E-state index in [-0.39, 0.29) is 11.5 Å². The fourth-order valence-electron chi connectivity index (χ4n) is 3.46. The first kappa shape index (κ1) is 17.4. The molecular weight excluding hydrogens is 340 g/mol. The van der Waals surface area contributed by atoms with Gasteiger partial charge in [0.25, 0.3) is 11.5 Å². The van der Waals surface area contributed by atoms with Crippen LogP contribution in [0.1, 0.15) is 10.4 Å². The molecule has 1 saturated heterocycles. The molecule has 6 nitrogen and oxygen atoms in total. The van der Waals surface area contributed by atoms with E-state index < -0.39 is 0 Å². The number of amides is 1.